The Bertz CT molecular complexity index is 1010. The van der Waals surface area contributed by atoms with Crippen LogP contribution in [-0.2, 0) is 5.54 Å². The van der Waals surface area contributed by atoms with Gasteiger partial charge in [-0.25, -0.2) is 9.67 Å². The maximum absolute atomic E-state index is 4.67. The summed E-state index contributed by atoms with van der Waals surface area (Å²) in [5, 5.41) is 4.67. The van der Waals surface area contributed by atoms with Crippen molar-refractivity contribution in [2.45, 2.75) is 52.2 Å². The Kier molecular flexibility index (Phi) is 2.80. The van der Waals surface area contributed by atoms with Crippen LogP contribution in [0.15, 0.2) is 36.8 Å². The van der Waals surface area contributed by atoms with Gasteiger partial charge in [0.05, 0.1) is 0 Å². The van der Waals surface area contributed by atoms with Crippen LogP contribution in [0.1, 0.15) is 44.0 Å². The zero-order valence-corrected chi connectivity index (χ0v) is 15.2. The summed E-state index contributed by atoms with van der Waals surface area (Å²) >= 11 is 0. The first-order valence-corrected chi connectivity index (χ1v) is 9.10. The average molecular weight is 333 g/mol. The van der Waals surface area contributed by atoms with Crippen molar-refractivity contribution in [3.8, 4) is 22.9 Å². The van der Waals surface area contributed by atoms with Crippen LogP contribution >= 0.6 is 0 Å². The van der Waals surface area contributed by atoms with Gasteiger partial charge in [-0.2, -0.15) is 5.10 Å². The molecule has 0 aromatic carbocycles. The predicted molar refractivity (Wildman–Crippen MR) is 93.7 cm³/mol. The quantitative estimate of drug-likeness (QED) is 0.676. The molecule has 5 heterocycles. The van der Waals surface area contributed by atoms with E-state index in [9.17, 15) is 0 Å². The number of rotatable bonds is 2. The van der Waals surface area contributed by atoms with Crippen LogP contribution in [0.5, 0.6) is 0 Å². The number of nitrogens with zero attached hydrogens (tertiary/aromatic N) is 5. The summed E-state index contributed by atoms with van der Waals surface area (Å²) in [7, 11) is 0. The number of hydrogen-bond acceptors (Lipinski definition) is 2. The second kappa shape index (κ2) is 4.75. The highest BCUT2D eigenvalue weighted by atomic mass is 15.5. The molecular formula is C20H23N5+2. The minimum Gasteiger partial charge on any atom is -0.220 e. The highest BCUT2D eigenvalue weighted by Crippen LogP contribution is 2.43. The lowest BCUT2D eigenvalue weighted by Crippen LogP contribution is -2.67. The van der Waals surface area contributed by atoms with Crippen molar-refractivity contribution in [1.82, 2.24) is 14.8 Å². The third kappa shape index (κ3) is 1.63. The molecule has 25 heavy (non-hydrogen) atoms. The SMILES string of the molecule is CCC1(CC)[C@H]2[n+]3ccc(C)cc3-c3cc(C)cc([n+]32)-c2ncnn21. The van der Waals surface area contributed by atoms with E-state index in [0.717, 1.165) is 24.4 Å². The molecule has 0 aliphatic carbocycles. The van der Waals surface area contributed by atoms with Crippen LogP contribution in [0, 0.1) is 13.8 Å². The maximum atomic E-state index is 4.67. The molecular weight excluding hydrogens is 310 g/mol. The molecule has 5 heteroatoms. The fraction of sp³-hybridized carbons (Fsp3) is 0.400. The normalized spacial score (nSPS) is 18.6. The van der Waals surface area contributed by atoms with E-state index in [1.165, 1.54) is 22.5 Å². The van der Waals surface area contributed by atoms with Crippen LogP contribution in [0.3, 0.4) is 0 Å². The highest BCUT2D eigenvalue weighted by Gasteiger charge is 2.63. The summed E-state index contributed by atoms with van der Waals surface area (Å²) in [6.45, 7) is 8.85. The minimum atomic E-state index is -0.112. The van der Waals surface area contributed by atoms with Gasteiger partial charge in [0.25, 0.3) is 17.1 Å². The van der Waals surface area contributed by atoms with E-state index in [1.54, 1.807) is 6.33 Å². The van der Waals surface area contributed by atoms with Crippen LogP contribution in [0.2, 0.25) is 0 Å². The molecule has 0 unspecified atom stereocenters. The fourth-order valence-corrected chi connectivity index (χ4v) is 4.80. The lowest BCUT2D eigenvalue weighted by atomic mass is 9.86. The Morgan fingerprint density at radius 2 is 1.76 bits per heavy atom. The van der Waals surface area contributed by atoms with E-state index in [2.05, 4.69) is 82.1 Å². The van der Waals surface area contributed by atoms with Gasteiger partial charge in [-0.1, -0.05) is 13.8 Å². The van der Waals surface area contributed by atoms with Crippen LogP contribution in [0.4, 0.5) is 0 Å². The molecule has 2 aliphatic rings. The monoisotopic (exact) mass is 333 g/mol. The van der Waals surface area contributed by atoms with Crippen LogP contribution in [-0.4, -0.2) is 14.8 Å². The first-order chi connectivity index (χ1) is 12.1. The molecule has 1 atom stereocenters. The van der Waals surface area contributed by atoms with E-state index in [0.29, 0.717) is 0 Å². The van der Waals surface area contributed by atoms with E-state index >= 15 is 0 Å². The van der Waals surface area contributed by atoms with Gasteiger partial charge in [-0.05, 0) is 37.8 Å². The van der Waals surface area contributed by atoms with E-state index in [1.807, 2.05) is 0 Å². The number of pyridine rings is 2. The van der Waals surface area contributed by atoms with Gasteiger partial charge < -0.3 is 0 Å². The molecule has 0 radical (unpaired) electrons. The van der Waals surface area contributed by atoms with Crippen molar-refractivity contribution < 1.29 is 9.13 Å². The number of aromatic nitrogens is 5. The van der Waals surface area contributed by atoms with Crippen molar-refractivity contribution in [2.75, 3.05) is 0 Å². The summed E-state index contributed by atoms with van der Waals surface area (Å²) in [6, 6.07) is 9.05. The van der Waals surface area contributed by atoms with Crippen LogP contribution in [0.25, 0.3) is 22.9 Å². The topological polar surface area (TPSA) is 38.5 Å². The van der Waals surface area contributed by atoms with E-state index in [4.69, 9.17) is 0 Å². The maximum Gasteiger partial charge on any atom is 0.379 e. The molecule has 0 bridgehead atoms. The van der Waals surface area contributed by atoms with Gasteiger partial charge in [0, 0.05) is 24.3 Å². The molecule has 0 amide bonds. The Morgan fingerprint density at radius 1 is 1.04 bits per heavy atom. The standard InChI is InChI=1S/C20H23N5/c1-5-20(6-2)19-23-8-7-13(3)9-15(23)16-10-14(4)11-17(24(16)19)18-21-12-22-25(18)20/h7-12,19H,5-6H2,1-4H3/q+2/t19-/m0/s1. The molecule has 2 aliphatic heterocycles. The molecule has 0 spiro atoms. The molecule has 126 valence electrons. The van der Waals surface area contributed by atoms with Crippen molar-refractivity contribution in [3.63, 3.8) is 0 Å². The molecule has 5 nitrogen and oxygen atoms in total. The highest BCUT2D eigenvalue weighted by molar-refractivity contribution is 5.57. The lowest BCUT2D eigenvalue weighted by molar-refractivity contribution is -0.921. The first-order valence-electron chi connectivity index (χ1n) is 9.10. The summed E-state index contributed by atoms with van der Waals surface area (Å²) in [4.78, 5) is 4.64. The van der Waals surface area contributed by atoms with Crippen LogP contribution < -0.4 is 9.13 Å². The second-order valence-corrected chi connectivity index (χ2v) is 7.35. The van der Waals surface area contributed by atoms with Gasteiger partial charge in [-0.15, -0.1) is 9.13 Å². The Labute approximate surface area is 147 Å². The smallest absolute Gasteiger partial charge is 0.220 e. The van der Waals surface area contributed by atoms with Gasteiger partial charge in [0.1, 0.15) is 6.33 Å². The fourth-order valence-electron chi connectivity index (χ4n) is 4.80. The zero-order chi connectivity index (χ0) is 17.3. The summed E-state index contributed by atoms with van der Waals surface area (Å²) in [5.74, 6) is 0.982. The van der Waals surface area contributed by atoms with Gasteiger partial charge in [0.15, 0.2) is 11.7 Å². The van der Waals surface area contributed by atoms with Gasteiger partial charge in [-0.3, -0.25) is 0 Å². The number of hydrogen-bond donors (Lipinski definition) is 0. The molecule has 5 rings (SSSR count). The molecule has 0 saturated carbocycles. The van der Waals surface area contributed by atoms with Crippen molar-refractivity contribution in [2.24, 2.45) is 0 Å². The molecule has 0 fully saturated rings. The zero-order valence-electron chi connectivity index (χ0n) is 15.2. The van der Waals surface area contributed by atoms with Crippen molar-refractivity contribution in [1.29, 1.82) is 0 Å². The second-order valence-electron chi connectivity index (χ2n) is 7.35. The van der Waals surface area contributed by atoms with Gasteiger partial charge in [0.2, 0.25) is 5.82 Å². The molecule has 3 aromatic heterocycles. The first kappa shape index (κ1) is 14.8. The summed E-state index contributed by atoms with van der Waals surface area (Å²) < 4.78 is 7.10. The third-order valence-electron chi connectivity index (χ3n) is 6.06. The number of fused-ring (bicyclic) bond motifs is 5. The molecule has 0 N–H and O–H groups in total. The van der Waals surface area contributed by atoms with E-state index in [-0.39, 0.29) is 11.7 Å². The third-order valence-corrected chi connectivity index (χ3v) is 6.06. The van der Waals surface area contributed by atoms with Crippen molar-refractivity contribution in [3.05, 3.63) is 47.9 Å². The molecule has 3 aromatic rings. The van der Waals surface area contributed by atoms with Crippen molar-refractivity contribution >= 4 is 0 Å². The summed E-state index contributed by atoms with van der Waals surface area (Å²) in [5.41, 5.74) is 6.16. The Hall–Kier alpha value is -2.56. The average Bonchev–Trinajstić information content (AvgIpc) is 3.21. The largest absolute Gasteiger partial charge is 0.379 e. The lowest BCUT2D eigenvalue weighted by Gasteiger charge is -2.34. The molecule has 0 saturated heterocycles. The summed E-state index contributed by atoms with van der Waals surface area (Å²) in [6.07, 6.45) is 6.14. The van der Waals surface area contributed by atoms with Gasteiger partial charge >= 0.3 is 6.17 Å². The Morgan fingerprint density at radius 3 is 2.52 bits per heavy atom. The minimum absolute atomic E-state index is 0.112. The van der Waals surface area contributed by atoms with E-state index < -0.39 is 0 Å². The Balaban J connectivity index is 1.96. The number of aryl methyl sites for hydroxylation is 2. The predicted octanol–water partition coefficient (Wildman–Crippen LogP) is 2.69.